The second-order valence-corrected chi connectivity index (χ2v) is 5.30. The Balaban J connectivity index is 1.99. The van der Waals surface area contributed by atoms with Gasteiger partial charge in [-0.25, -0.2) is 4.79 Å². The van der Waals surface area contributed by atoms with Gasteiger partial charge >= 0.3 is 5.97 Å². The fraction of sp³-hybridized carbons (Fsp3) is 0.500. The summed E-state index contributed by atoms with van der Waals surface area (Å²) in [5.41, 5.74) is 0.564. The Hall–Kier alpha value is -0.960. The van der Waals surface area contributed by atoms with Crippen molar-refractivity contribution in [1.82, 2.24) is 0 Å². The third kappa shape index (κ3) is 3.25. The maximum Gasteiger partial charge on any atom is 0.339 e. The molecule has 1 saturated carbocycles. The van der Waals surface area contributed by atoms with Crippen LogP contribution < -0.4 is 0 Å². The highest BCUT2D eigenvalue weighted by molar-refractivity contribution is 7.80. The summed E-state index contributed by atoms with van der Waals surface area (Å²) < 4.78 is 5.54. The number of carbonyl (C=O) groups is 1. The van der Waals surface area contributed by atoms with E-state index in [2.05, 4.69) is 19.6 Å². The number of hydrogen-bond acceptors (Lipinski definition) is 3. The van der Waals surface area contributed by atoms with E-state index in [1.807, 2.05) is 18.2 Å². The van der Waals surface area contributed by atoms with E-state index in [0.717, 1.165) is 19.3 Å². The largest absolute Gasteiger partial charge is 0.459 e. The van der Waals surface area contributed by atoms with E-state index in [9.17, 15) is 4.79 Å². The van der Waals surface area contributed by atoms with Gasteiger partial charge in [-0.15, -0.1) is 12.6 Å². The van der Waals surface area contributed by atoms with Crippen molar-refractivity contribution in [2.75, 3.05) is 0 Å². The molecular weight excluding hydrogens is 232 g/mol. The summed E-state index contributed by atoms with van der Waals surface area (Å²) in [6.07, 6.45) is 4.46. The van der Waals surface area contributed by atoms with Crippen molar-refractivity contribution in [3.05, 3.63) is 29.8 Å². The zero-order chi connectivity index (χ0) is 12.3. The molecule has 0 aliphatic heterocycles. The van der Waals surface area contributed by atoms with Crippen LogP contribution in [0.5, 0.6) is 0 Å². The number of ether oxygens (including phenoxy) is 1. The van der Waals surface area contributed by atoms with Gasteiger partial charge < -0.3 is 4.74 Å². The molecule has 1 aliphatic carbocycles. The number of benzene rings is 1. The molecule has 0 radical (unpaired) electrons. The number of hydrogen-bond donors (Lipinski definition) is 1. The van der Waals surface area contributed by atoms with Crippen molar-refractivity contribution in [2.45, 2.75) is 43.6 Å². The van der Waals surface area contributed by atoms with Crippen LogP contribution in [0, 0.1) is 5.92 Å². The van der Waals surface area contributed by atoms with E-state index in [4.69, 9.17) is 4.74 Å². The number of thiol groups is 1. The molecule has 2 atom stereocenters. The highest BCUT2D eigenvalue weighted by Gasteiger charge is 2.23. The first kappa shape index (κ1) is 12.5. The smallest absolute Gasteiger partial charge is 0.339 e. The average molecular weight is 250 g/mol. The van der Waals surface area contributed by atoms with Crippen molar-refractivity contribution in [3.63, 3.8) is 0 Å². The fourth-order valence-corrected chi connectivity index (χ4v) is 2.60. The summed E-state index contributed by atoms with van der Waals surface area (Å²) >= 11 is 4.27. The molecule has 17 heavy (non-hydrogen) atoms. The van der Waals surface area contributed by atoms with Gasteiger partial charge in [-0.3, -0.25) is 0 Å². The number of rotatable bonds is 2. The molecule has 2 unspecified atom stereocenters. The monoisotopic (exact) mass is 250 g/mol. The SMILES string of the molecule is CC1CCCC(OC(=O)c2ccccc2S)C1. The zero-order valence-electron chi connectivity index (χ0n) is 10.1. The Bertz CT molecular complexity index is 403. The van der Waals surface area contributed by atoms with Crippen LogP contribution in [0.25, 0.3) is 0 Å². The summed E-state index contributed by atoms with van der Waals surface area (Å²) in [4.78, 5) is 12.7. The van der Waals surface area contributed by atoms with E-state index >= 15 is 0 Å². The van der Waals surface area contributed by atoms with Gasteiger partial charge in [-0.2, -0.15) is 0 Å². The van der Waals surface area contributed by atoms with Crippen LogP contribution in [0.3, 0.4) is 0 Å². The summed E-state index contributed by atoms with van der Waals surface area (Å²) in [7, 11) is 0. The first-order valence-electron chi connectivity index (χ1n) is 6.16. The van der Waals surface area contributed by atoms with Crippen molar-refractivity contribution < 1.29 is 9.53 Å². The Morgan fingerprint density at radius 3 is 2.82 bits per heavy atom. The molecule has 0 spiro atoms. The highest BCUT2D eigenvalue weighted by Crippen LogP contribution is 2.27. The summed E-state index contributed by atoms with van der Waals surface area (Å²) in [5, 5.41) is 0. The van der Waals surface area contributed by atoms with Crippen LogP contribution in [0.1, 0.15) is 43.0 Å². The van der Waals surface area contributed by atoms with E-state index < -0.39 is 0 Å². The van der Waals surface area contributed by atoms with Crippen molar-refractivity contribution in [2.24, 2.45) is 5.92 Å². The Labute approximate surface area is 108 Å². The van der Waals surface area contributed by atoms with Crippen LogP contribution in [-0.2, 0) is 4.74 Å². The molecule has 0 N–H and O–H groups in total. The van der Waals surface area contributed by atoms with E-state index in [-0.39, 0.29) is 12.1 Å². The van der Waals surface area contributed by atoms with Crippen LogP contribution in [0.15, 0.2) is 29.2 Å². The Kier molecular flexibility index (Phi) is 4.11. The van der Waals surface area contributed by atoms with Crippen molar-refractivity contribution in [1.29, 1.82) is 0 Å². The second kappa shape index (κ2) is 5.58. The van der Waals surface area contributed by atoms with Gasteiger partial charge in [-0.05, 0) is 37.3 Å². The van der Waals surface area contributed by atoms with Crippen LogP contribution in [0.2, 0.25) is 0 Å². The molecule has 3 heteroatoms. The second-order valence-electron chi connectivity index (χ2n) is 4.82. The van der Waals surface area contributed by atoms with Gasteiger partial charge in [0, 0.05) is 4.90 Å². The third-order valence-corrected chi connectivity index (χ3v) is 3.68. The molecule has 0 saturated heterocycles. The summed E-state index contributed by atoms with van der Waals surface area (Å²) in [5.74, 6) is 0.419. The molecule has 0 amide bonds. The number of esters is 1. The van der Waals surface area contributed by atoms with Gasteiger partial charge in [0.05, 0.1) is 5.56 Å². The lowest BCUT2D eigenvalue weighted by Crippen LogP contribution is -2.24. The van der Waals surface area contributed by atoms with E-state index in [0.29, 0.717) is 16.4 Å². The van der Waals surface area contributed by atoms with Gasteiger partial charge in [0.15, 0.2) is 0 Å². The average Bonchev–Trinajstić information content (AvgIpc) is 2.29. The molecule has 1 aliphatic rings. The first-order chi connectivity index (χ1) is 8.16. The molecular formula is C14H18O2S. The van der Waals surface area contributed by atoms with E-state index in [1.165, 1.54) is 6.42 Å². The minimum absolute atomic E-state index is 0.0826. The highest BCUT2D eigenvalue weighted by atomic mass is 32.1. The fourth-order valence-electron chi connectivity index (χ4n) is 2.35. The minimum Gasteiger partial charge on any atom is -0.459 e. The maximum absolute atomic E-state index is 12.0. The maximum atomic E-state index is 12.0. The predicted octanol–water partition coefficient (Wildman–Crippen LogP) is 3.71. The van der Waals surface area contributed by atoms with Crippen LogP contribution in [-0.4, -0.2) is 12.1 Å². The standard InChI is InChI=1S/C14H18O2S/c1-10-5-4-6-11(9-10)16-14(15)12-7-2-3-8-13(12)17/h2-3,7-8,10-11,17H,4-6,9H2,1H3. The van der Waals surface area contributed by atoms with Gasteiger partial charge in [0.1, 0.15) is 6.10 Å². The lowest BCUT2D eigenvalue weighted by Gasteiger charge is -2.26. The Morgan fingerprint density at radius 2 is 2.12 bits per heavy atom. The molecule has 1 aromatic carbocycles. The molecule has 92 valence electrons. The predicted molar refractivity (Wildman–Crippen MR) is 70.5 cm³/mol. The quantitative estimate of drug-likeness (QED) is 0.639. The zero-order valence-corrected chi connectivity index (χ0v) is 11.0. The molecule has 0 aromatic heterocycles. The molecule has 2 rings (SSSR count). The van der Waals surface area contributed by atoms with Gasteiger partial charge in [0.2, 0.25) is 0 Å². The molecule has 1 fully saturated rings. The van der Waals surface area contributed by atoms with Gasteiger partial charge in [-0.1, -0.05) is 25.5 Å². The molecule has 2 nitrogen and oxygen atoms in total. The van der Waals surface area contributed by atoms with Crippen molar-refractivity contribution >= 4 is 18.6 Å². The number of carbonyl (C=O) groups excluding carboxylic acids is 1. The molecule has 0 bridgehead atoms. The Morgan fingerprint density at radius 1 is 1.35 bits per heavy atom. The molecule has 1 aromatic rings. The first-order valence-corrected chi connectivity index (χ1v) is 6.60. The van der Waals surface area contributed by atoms with Crippen molar-refractivity contribution in [3.8, 4) is 0 Å². The summed E-state index contributed by atoms with van der Waals surface area (Å²) in [6.45, 7) is 2.21. The van der Waals surface area contributed by atoms with Crippen LogP contribution in [0.4, 0.5) is 0 Å². The third-order valence-electron chi connectivity index (χ3n) is 3.29. The lowest BCUT2D eigenvalue weighted by molar-refractivity contribution is 0.0151. The minimum atomic E-state index is -0.241. The topological polar surface area (TPSA) is 26.3 Å². The normalized spacial score (nSPS) is 24.4. The van der Waals surface area contributed by atoms with E-state index in [1.54, 1.807) is 6.07 Å². The lowest BCUT2D eigenvalue weighted by atomic mass is 9.89. The summed E-state index contributed by atoms with van der Waals surface area (Å²) in [6, 6.07) is 7.27. The van der Waals surface area contributed by atoms with Crippen LogP contribution >= 0.6 is 12.6 Å². The molecule has 0 heterocycles. The van der Waals surface area contributed by atoms with Gasteiger partial charge in [0.25, 0.3) is 0 Å².